The molecule has 2 N–H and O–H groups in total. The van der Waals surface area contributed by atoms with Crippen molar-refractivity contribution in [2.75, 3.05) is 0 Å². The SMILES string of the molecule is CC(C)(Sc1nnc(Br)n1-c1ccc(C2CC2)c2ccccc12)C(=O)O.CC(C)(Sc1nnc(Br)n1-c1ccc(C2CC2)c2ccccc12)C(=O)O. The highest BCUT2D eigenvalue weighted by atomic mass is 79.9. The van der Waals surface area contributed by atoms with Crippen molar-refractivity contribution in [3.05, 3.63) is 93.4 Å². The van der Waals surface area contributed by atoms with Crippen LogP contribution in [-0.4, -0.2) is 61.2 Å². The van der Waals surface area contributed by atoms with E-state index in [0.717, 1.165) is 22.1 Å². The third kappa shape index (κ3) is 7.27. The van der Waals surface area contributed by atoms with Gasteiger partial charge in [0.15, 0.2) is 10.3 Å². The minimum Gasteiger partial charge on any atom is -0.480 e. The molecule has 2 aromatic heterocycles. The Bertz CT molecular complexity index is 2190. The largest absolute Gasteiger partial charge is 0.480 e. The van der Waals surface area contributed by atoms with Gasteiger partial charge in [0, 0.05) is 10.8 Å². The zero-order chi connectivity index (χ0) is 36.9. The Kier molecular flexibility index (Phi) is 10.0. The fourth-order valence-electron chi connectivity index (χ4n) is 6.09. The number of hydrogen-bond donors (Lipinski definition) is 2. The average Bonchev–Trinajstić information content (AvgIpc) is 4.05. The first-order valence-electron chi connectivity index (χ1n) is 16.9. The van der Waals surface area contributed by atoms with E-state index >= 15 is 0 Å². The second-order valence-electron chi connectivity index (χ2n) is 14.0. The van der Waals surface area contributed by atoms with Gasteiger partial charge in [-0.25, -0.2) is 0 Å². The number of rotatable bonds is 10. The topological polar surface area (TPSA) is 136 Å². The van der Waals surface area contributed by atoms with Gasteiger partial charge in [-0.15, -0.1) is 20.4 Å². The molecule has 4 aromatic carbocycles. The van der Waals surface area contributed by atoms with Crippen molar-refractivity contribution < 1.29 is 19.8 Å². The zero-order valence-corrected chi connectivity index (χ0v) is 33.7. The summed E-state index contributed by atoms with van der Waals surface area (Å²) in [4.78, 5) is 23.1. The molecular weight excluding hydrogens is 828 g/mol. The van der Waals surface area contributed by atoms with Gasteiger partial charge in [0.05, 0.1) is 11.4 Å². The molecule has 2 heterocycles. The summed E-state index contributed by atoms with van der Waals surface area (Å²) in [5.41, 5.74) is 4.67. The number of nitrogens with zero attached hydrogens (tertiary/aromatic N) is 6. The summed E-state index contributed by atoms with van der Waals surface area (Å²) in [5.74, 6) is -0.472. The van der Waals surface area contributed by atoms with E-state index < -0.39 is 21.4 Å². The van der Waals surface area contributed by atoms with Crippen LogP contribution in [0.25, 0.3) is 32.9 Å². The highest BCUT2D eigenvalue weighted by Crippen LogP contribution is 2.46. The Morgan fingerprint density at radius 2 is 0.942 bits per heavy atom. The second-order valence-corrected chi connectivity index (χ2v) is 18.6. The Morgan fingerprint density at radius 1 is 0.596 bits per heavy atom. The van der Waals surface area contributed by atoms with E-state index in [1.165, 1.54) is 71.1 Å². The van der Waals surface area contributed by atoms with Crippen molar-refractivity contribution in [1.82, 2.24) is 29.5 Å². The van der Waals surface area contributed by atoms with Gasteiger partial charge in [-0.3, -0.25) is 18.7 Å². The molecule has 0 atom stereocenters. The van der Waals surface area contributed by atoms with Gasteiger partial charge in [0.25, 0.3) is 0 Å². The van der Waals surface area contributed by atoms with Gasteiger partial charge in [0.1, 0.15) is 9.49 Å². The molecule has 10 nitrogen and oxygen atoms in total. The van der Waals surface area contributed by atoms with Crippen LogP contribution in [0.3, 0.4) is 0 Å². The molecule has 0 saturated heterocycles. The molecule has 2 fully saturated rings. The van der Waals surface area contributed by atoms with Crippen LogP contribution in [-0.2, 0) is 9.59 Å². The highest BCUT2D eigenvalue weighted by Gasteiger charge is 2.34. The molecule has 2 aliphatic rings. The van der Waals surface area contributed by atoms with Crippen molar-refractivity contribution in [2.24, 2.45) is 0 Å². The summed E-state index contributed by atoms with van der Waals surface area (Å²) in [6.07, 6.45) is 4.97. The van der Waals surface area contributed by atoms with Crippen molar-refractivity contribution in [1.29, 1.82) is 0 Å². The summed E-state index contributed by atoms with van der Waals surface area (Å²) < 4.78 is 2.88. The number of halogens is 2. The first kappa shape index (κ1) is 36.6. The van der Waals surface area contributed by atoms with Crippen molar-refractivity contribution in [2.45, 2.75) is 85.0 Å². The number of carboxylic acids is 2. The van der Waals surface area contributed by atoms with E-state index in [0.29, 0.717) is 31.6 Å². The molecule has 2 aliphatic carbocycles. The molecule has 8 rings (SSSR count). The third-order valence-corrected chi connectivity index (χ3v) is 12.6. The van der Waals surface area contributed by atoms with Gasteiger partial charge in [-0.1, -0.05) is 84.2 Å². The maximum absolute atomic E-state index is 11.5. The molecular formula is C38H36Br2N6O4S2. The van der Waals surface area contributed by atoms with Gasteiger partial charge in [0.2, 0.25) is 9.47 Å². The van der Waals surface area contributed by atoms with Crippen molar-refractivity contribution in [3.8, 4) is 11.4 Å². The molecule has 0 unspecified atom stereocenters. The molecule has 0 amide bonds. The summed E-state index contributed by atoms with van der Waals surface area (Å²) in [6, 6.07) is 25.2. The molecule has 2 saturated carbocycles. The molecule has 14 heteroatoms. The number of carbonyl (C=O) groups is 2. The molecule has 6 aromatic rings. The van der Waals surface area contributed by atoms with E-state index in [1.807, 2.05) is 21.3 Å². The van der Waals surface area contributed by atoms with Crippen LogP contribution >= 0.6 is 55.4 Å². The first-order chi connectivity index (χ1) is 24.8. The van der Waals surface area contributed by atoms with Crippen LogP contribution in [0.15, 0.2) is 92.6 Å². The maximum Gasteiger partial charge on any atom is 0.319 e. The number of aliphatic carboxylic acids is 2. The lowest BCUT2D eigenvalue weighted by molar-refractivity contribution is -0.139. The molecule has 268 valence electrons. The fraction of sp³-hybridized carbons (Fsp3) is 0.316. The van der Waals surface area contributed by atoms with E-state index in [4.69, 9.17) is 0 Å². The highest BCUT2D eigenvalue weighted by molar-refractivity contribution is 9.10. The predicted molar refractivity (Wildman–Crippen MR) is 212 cm³/mol. The molecule has 0 radical (unpaired) electrons. The minimum atomic E-state index is -1.01. The van der Waals surface area contributed by atoms with Crippen LogP contribution in [0.5, 0.6) is 0 Å². The first-order valence-corrected chi connectivity index (χ1v) is 20.1. The fourth-order valence-corrected chi connectivity index (χ4v) is 9.00. The van der Waals surface area contributed by atoms with Crippen LogP contribution in [0.4, 0.5) is 0 Å². The van der Waals surface area contributed by atoms with Gasteiger partial charge < -0.3 is 10.2 Å². The zero-order valence-electron chi connectivity index (χ0n) is 28.9. The molecule has 0 bridgehead atoms. The monoisotopic (exact) mass is 862 g/mol. The molecule has 0 aliphatic heterocycles. The van der Waals surface area contributed by atoms with Crippen LogP contribution in [0, 0.1) is 0 Å². The standard InChI is InChI=1S/2C19H18BrN3O2S/c2*1-19(2,16(24)25)26-18-22-21-17(20)23(18)15-10-9-12(11-7-8-11)13-5-3-4-6-14(13)15/h2*3-6,9-11H,7-8H2,1-2H3,(H,24,25). The van der Waals surface area contributed by atoms with Gasteiger partial charge in [-0.05, 0) is 131 Å². The minimum absolute atomic E-state index is 0.550. The van der Waals surface area contributed by atoms with Crippen LogP contribution in [0.2, 0.25) is 0 Å². The smallest absolute Gasteiger partial charge is 0.319 e. The Hall–Kier alpha value is -3.72. The normalized spacial score (nSPS) is 14.7. The second kappa shape index (κ2) is 14.3. The summed E-state index contributed by atoms with van der Waals surface area (Å²) in [5, 5.41) is 41.4. The number of fused-ring (bicyclic) bond motifs is 2. The summed E-state index contributed by atoms with van der Waals surface area (Å²) in [7, 11) is 0. The van der Waals surface area contributed by atoms with E-state index in [9.17, 15) is 19.8 Å². The van der Waals surface area contributed by atoms with Gasteiger partial charge >= 0.3 is 11.9 Å². The van der Waals surface area contributed by atoms with Crippen molar-refractivity contribution in [3.63, 3.8) is 0 Å². The predicted octanol–water partition coefficient (Wildman–Crippen LogP) is 10.0. The Balaban J connectivity index is 0.000000162. The Labute approximate surface area is 326 Å². The number of benzene rings is 4. The number of hydrogen-bond acceptors (Lipinski definition) is 8. The van der Waals surface area contributed by atoms with E-state index in [2.05, 4.69) is 113 Å². The number of carboxylic acid groups (broad SMARTS) is 2. The lowest BCUT2D eigenvalue weighted by Gasteiger charge is -2.19. The number of thioether (sulfide) groups is 2. The maximum atomic E-state index is 11.5. The molecule has 0 spiro atoms. The lowest BCUT2D eigenvalue weighted by Crippen LogP contribution is -2.27. The quantitative estimate of drug-likeness (QED) is 0.128. The van der Waals surface area contributed by atoms with Gasteiger partial charge in [-0.2, -0.15) is 0 Å². The third-order valence-electron chi connectivity index (χ3n) is 9.30. The van der Waals surface area contributed by atoms with Crippen LogP contribution in [0.1, 0.15) is 76.3 Å². The van der Waals surface area contributed by atoms with E-state index in [-0.39, 0.29) is 0 Å². The van der Waals surface area contributed by atoms with E-state index in [1.54, 1.807) is 27.7 Å². The molecule has 52 heavy (non-hydrogen) atoms. The Morgan fingerprint density at radius 3 is 1.27 bits per heavy atom. The van der Waals surface area contributed by atoms with Crippen LogP contribution < -0.4 is 0 Å². The average molecular weight is 865 g/mol. The summed E-state index contributed by atoms with van der Waals surface area (Å²) >= 11 is 9.32. The number of aromatic nitrogens is 6. The van der Waals surface area contributed by atoms with Crippen molar-refractivity contribution >= 4 is 88.9 Å². The lowest BCUT2D eigenvalue weighted by atomic mass is 9.99. The summed E-state index contributed by atoms with van der Waals surface area (Å²) in [6.45, 7) is 6.67.